The number of sulfonamides is 1. The van der Waals surface area contributed by atoms with E-state index in [-0.39, 0.29) is 104 Å². The minimum Gasteiger partial charge on any atom is -0.508 e. The summed E-state index contributed by atoms with van der Waals surface area (Å²) in [6.07, 6.45) is -8.49. The summed E-state index contributed by atoms with van der Waals surface area (Å²) in [5.74, 6) is -14.0. The van der Waals surface area contributed by atoms with Gasteiger partial charge in [-0.3, -0.25) is 38.4 Å². The van der Waals surface area contributed by atoms with Crippen molar-refractivity contribution in [3.63, 3.8) is 0 Å². The van der Waals surface area contributed by atoms with Crippen LogP contribution in [0, 0.1) is 42.4 Å². The van der Waals surface area contributed by atoms with Gasteiger partial charge in [0.15, 0.2) is 11.5 Å². The fourth-order valence-corrected chi connectivity index (χ4v) is 18.2. The van der Waals surface area contributed by atoms with Crippen LogP contribution in [0.1, 0.15) is 129 Å². The van der Waals surface area contributed by atoms with Crippen LogP contribution >= 0.6 is 11.6 Å². The number of carbonyl (C=O) groups excluding carboxylic acids is 8. The number of aliphatic hydroxyl groups is 6. The molecule has 16 rings (SSSR count). The van der Waals surface area contributed by atoms with Crippen molar-refractivity contribution < 1.29 is 112 Å². The van der Waals surface area contributed by atoms with E-state index in [1.165, 1.54) is 56.4 Å². The standard InChI is InChI=1S/C80H93ClN10O23S/c1-34(2)18-51(83-5)74(102)89-66-68(97)39-7-14-55(35(3)19-39)112-58-27-43-28-59(73(58)114-57-29-44(33-92)70(99)72(101)71(57)100)113-56-15-8-40(26-50(56)81)69(98)67-80(108)88-65(78(106)85-62-41-21-36-20-37(23-41)24-42(62)22-36)49-30-45(93)31-54(95)61(49)48-25-38(6-13-53(48)94)63(76(104)90-67)87-77(105)64(43)86-75(103)52(84-79(66)107)32-60(96)91-115(109,110)47-11-9-46(10-12-47)111-17-16-82-4/h6-15,19,25-28,30-31,34,36-37,41-42,44,51-52,57,62-72,82-83,92-95,97-101H,16-18,20-24,29,32-33H2,1-5H3,(H,84,107)(H,85,106)(H,86,103)(H,87,105)(H,88,108)(H,89,102)(H,90,104)(H,91,96)/t36?,37?,41?,42?,44-,51-,52+,57-,62?,63-,64-,65+,66-,67+,68-,69-,70-,71+,72+/m1/s1. The highest BCUT2D eigenvalue weighted by molar-refractivity contribution is 7.90. The molecule has 15 bridgehead atoms. The second-order valence-electron chi connectivity index (χ2n) is 31.1. The lowest BCUT2D eigenvalue weighted by Crippen LogP contribution is -2.59. The largest absolute Gasteiger partial charge is 0.508 e. The molecule has 35 heteroatoms. The Labute approximate surface area is 665 Å². The van der Waals surface area contributed by atoms with Gasteiger partial charge in [0.05, 0.1) is 28.5 Å². The molecule has 0 saturated heterocycles. The molecule has 14 atom stereocenters. The van der Waals surface area contributed by atoms with Crippen molar-refractivity contribution in [1.82, 2.24) is 52.6 Å². The maximum absolute atomic E-state index is 16.4. The molecule has 5 heterocycles. The van der Waals surface area contributed by atoms with E-state index in [1.54, 1.807) is 7.05 Å². The number of rotatable bonds is 18. The number of amides is 8. The van der Waals surface area contributed by atoms with Gasteiger partial charge in [0, 0.05) is 42.3 Å². The zero-order chi connectivity index (χ0) is 82.3. The number of halogens is 1. The lowest BCUT2D eigenvalue weighted by molar-refractivity contribution is -0.157. The number of aromatic hydroxyl groups is 3. The number of benzene rings is 6. The molecule has 8 amide bonds. The van der Waals surface area contributed by atoms with E-state index >= 15 is 28.8 Å². The Kier molecular flexibility index (Phi) is 24.5. The second kappa shape index (κ2) is 34.2. The summed E-state index contributed by atoms with van der Waals surface area (Å²) in [6, 6.07) is 5.40. The van der Waals surface area contributed by atoms with Gasteiger partial charge in [0.2, 0.25) is 53.0 Å². The van der Waals surface area contributed by atoms with Crippen LogP contribution in [-0.4, -0.2) is 190 Å². The first-order valence-corrected chi connectivity index (χ1v) is 39.9. The Morgan fingerprint density at radius 2 is 1.27 bits per heavy atom. The zero-order valence-corrected chi connectivity index (χ0v) is 64.7. The Morgan fingerprint density at radius 1 is 0.635 bits per heavy atom. The van der Waals surface area contributed by atoms with E-state index in [0.29, 0.717) is 18.4 Å². The van der Waals surface area contributed by atoms with Crippen LogP contribution in [0.3, 0.4) is 0 Å². The monoisotopic (exact) mass is 1630 g/mol. The van der Waals surface area contributed by atoms with Crippen molar-refractivity contribution in [3.05, 3.63) is 142 Å². The van der Waals surface area contributed by atoms with E-state index in [2.05, 4.69) is 47.9 Å². The summed E-state index contributed by atoms with van der Waals surface area (Å²) in [5.41, 5.74) is -1.87. The van der Waals surface area contributed by atoms with Crippen LogP contribution in [0.2, 0.25) is 5.02 Å². The number of aliphatic hydroxyl groups excluding tert-OH is 6. The highest BCUT2D eigenvalue weighted by Crippen LogP contribution is 2.55. The lowest BCUT2D eigenvalue weighted by Gasteiger charge is -2.54. The minimum atomic E-state index is -4.88. The third kappa shape index (κ3) is 17.6. The van der Waals surface area contributed by atoms with Gasteiger partial charge in [-0.05, 0) is 208 Å². The van der Waals surface area contributed by atoms with E-state index in [1.807, 2.05) is 18.6 Å². The van der Waals surface area contributed by atoms with Gasteiger partial charge in [-0.15, -0.1) is 0 Å². The first kappa shape index (κ1) is 82.6. The lowest BCUT2D eigenvalue weighted by atomic mass is 9.54. The van der Waals surface area contributed by atoms with Crippen molar-refractivity contribution in [3.8, 4) is 62.9 Å². The number of carbonyl (C=O) groups is 8. The third-order valence-corrected chi connectivity index (χ3v) is 24.4. The number of phenols is 3. The van der Waals surface area contributed by atoms with Gasteiger partial charge >= 0.3 is 0 Å². The number of hydrogen-bond acceptors (Lipinski definition) is 25. The number of aryl methyl sites for hydroxylation is 1. The summed E-state index contributed by atoms with van der Waals surface area (Å²) < 4.78 is 55.9. The number of nitrogens with one attached hydrogen (secondary N) is 10. The topological polar surface area (TPSA) is 510 Å². The minimum absolute atomic E-state index is 0.0660. The molecule has 0 radical (unpaired) electrons. The molecule has 6 aromatic carbocycles. The molecule has 115 heavy (non-hydrogen) atoms. The van der Waals surface area contributed by atoms with Crippen molar-refractivity contribution >= 4 is 68.9 Å². The second-order valence-corrected chi connectivity index (χ2v) is 33.2. The molecule has 5 aliphatic heterocycles. The molecule has 10 aliphatic rings. The smallest absolute Gasteiger partial charge is 0.264 e. The molecule has 0 unspecified atom stereocenters. The molecule has 0 aromatic heterocycles. The molecule has 6 aromatic rings. The number of hydrogen-bond donors (Lipinski definition) is 19. The Hall–Kier alpha value is -10.4. The Bertz CT molecular complexity index is 4850. The molecule has 19 N–H and O–H groups in total. The van der Waals surface area contributed by atoms with E-state index in [4.69, 9.17) is 30.5 Å². The van der Waals surface area contributed by atoms with Gasteiger partial charge in [0.1, 0.15) is 108 Å². The number of fused-ring (bicyclic) bond motifs is 15. The zero-order valence-electron chi connectivity index (χ0n) is 63.2. The van der Waals surface area contributed by atoms with Crippen LogP contribution in [0.4, 0.5) is 0 Å². The van der Waals surface area contributed by atoms with Crippen molar-refractivity contribution in [2.75, 3.05) is 33.9 Å². The van der Waals surface area contributed by atoms with E-state index in [0.717, 1.165) is 92.8 Å². The summed E-state index contributed by atoms with van der Waals surface area (Å²) in [6.45, 7) is 5.04. The quantitative estimate of drug-likeness (QED) is 0.0550. The molecule has 614 valence electrons. The van der Waals surface area contributed by atoms with Crippen LogP contribution in [0.15, 0.2) is 108 Å². The van der Waals surface area contributed by atoms with E-state index < -0.39 is 200 Å². The first-order chi connectivity index (χ1) is 54.8. The predicted octanol–water partition coefficient (Wildman–Crippen LogP) is 2.66. The summed E-state index contributed by atoms with van der Waals surface area (Å²) in [7, 11) is -1.70. The Balaban J connectivity index is 1.000. The molecule has 0 spiro atoms. The van der Waals surface area contributed by atoms with Gasteiger partial charge in [0.25, 0.3) is 10.0 Å². The van der Waals surface area contributed by atoms with Crippen LogP contribution < -0.4 is 71.5 Å². The molecular formula is C80H93ClN10O23S. The molecule has 33 nitrogen and oxygen atoms in total. The van der Waals surface area contributed by atoms with Gasteiger partial charge in [-0.1, -0.05) is 43.6 Å². The van der Waals surface area contributed by atoms with Crippen LogP contribution in [0.25, 0.3) is 11.1 Å². The maximum Gasteiger partial charge on any atom is 0.264 e. The Morgan fingerprint density at radius 3 is 1.91 bits per heavy atom. The summed E-state index contributed by atoms with van der Waals surface area (Å²) >= 11 is 7.19. The van der Waals surface area contributed by atoms with E-state index in [9.17, 15) is 64.0 Å². The van der Waals surface area contributed by atoms with Crippen molar-refractivity contribution in [1.29, 1.82) is 0 Å². The molecule has 5 aliphatic carbocycles. The normalized spacial score (nSPS) is 28.1. The van der Waals surface area contributed by atoms with Crippen LogP contribution in [0.5, 0.6) is 51.7 Å². The SMILES string of the molecule is CNCCOc1ccc(S(=O)(=O)NC(=O)C[C@@H]2NC(=O)[C@H](NC(=O)[C@@H](CC(C)C)NC)[C@H](O)c3ccc(c(C)c3)Oc3cc4cc(c3O[C@@H]3C[C@H](CO)[C@@H](O)[C@H](O)[C@H]3O)Oc3ccc(cc3Cl)[C@@H](O)[C@@H]3NC(=O)[C@H](NC(=O)[C@@H]4NC2=O)c2ccc(O)c(c2)-c2c(O)cc(O)cc2[C@@H](C(=O)NC2C4CC5CC(C4)CC2C5)NC3=O)cc1. The summed E-state index contributed by atoms with van der Waals surface area (Å²) in [5, 5.41) is 129. The fourth-order valence-electron chi connectivity index (χ4n) is 17.0. The highest BCUT2D eigenvalue weighted by Gasteiger charge is 2.51. The first-order valence-electron chi connectivity index (χ1n) is 38.0. The van der Waals surface area contributed by atoms with Gasteiger partial charge in [-0.25, -0.2) is 13.1 Å². The van der Waals surface area contributed by atoms with Gasteiger partial charge < -0.3 is 113 Å². The van der Waals surface area contributed by atoms with Crippen molar-refractivity contribution in [2.24, 2.45) is 35.5 Å². The number of phenolic OH excluding ortho intramolecular Hbond substituents is 3. The maximum atomic E-state index is 16.4. The average molecular weight is 1630 g/mol. The molecular weight excluding hydrogens is 1540 g/mol. The third-order valence-electron chi connectivity index (χ3n) is 22.7. The number of ether oxygens (including phenoxy) is 4. The molecule has 5 fully saturated rings. The highest BCUT2D eigenvalue weighted by atomic mass is 35.5. The van der Waals surface area contributed by atoms with Gasteiger partial charge in [-0.2, -0.15) is 0 Å². The predicted molar refractivity (Wildman–Crippen MR) is 409 cm³/mol. The number of likely N-dealkylation sites (N-methyl/N-ethyl adjacent to an activating group) is 2. The fraction of sp³-hybridized carbons (Fsp3) is 0.450. The summed E-state index contributed by atoms with van der Waals surface area (Å²) in [4.78, 5) is 123. The molecule has 5 saturated carbocycles. The van der Waals surface area contributed by atoms with Crippen molar-refractivity contribution in [2.45, 2.75) is 162 Å². The van der Waals surface area contributed by atoms with Crippen LogP contribution in [-0.2, 0) is 48.4 Å². The average Bonchev–Trinajstić information content (AvgIpc) is 0.924.